The Hall–Kier alpha value is -1.38. The summed E-state index contributed by atoms with van der Waals surface area (Å²) in [6.45, 7) is 10.9. The largest absolute Gasteiger partial charge is 0.399 e. The third kappa shape index (κ3) is 4.13. The molecule has 102 valence electrons. The zero-order chi connectivity index (χ0) is 14.3. The van der Waals surface area contributed by atoms with Crippen molar-refractivity contribution in [2.75, 3.05) is 0 Å². The summed E-state index contributed by atoms with van der Waals surface area (Å²) in [7, 11) is 0. The summed E-state index contributed by atoms with van der Waals surface area (Å²) in [6, 6.07) is 0. The zero-order valence-electron chi connectivity index (χ0n) is 12.3. The number of nitrogens with zero attached hydrogens (tertiary/aromatic N) is 1. The van der Waals surface area contributed by atoms with Crippen LogP contribution in [0.15, 0.2) is 40.2 Å². The summed E-state index contributed by atoms with van der Waals surface area (Å²) in [5.74, 6) is 0. The molecule has 2 nitrogen and oxygen atoms in total. The number of hydrogen-bond acceptors (Lipinski definition) is 2. The lowest BCUT2D eigenvalue weighted by atomic mass is 9.97. The molecule has 0 aromatic rings. The van der Waals surface area contributed by atoms with Gasteiger partial charge in [0.1, 0.15) is 0 Å². The molecule has 18 heavy (non-hydrogen) atoms. The highest BCUT2D eigenvalue weighted by Gasteiger charge is 2.31. The Morgan fingerprint density at radius 3 is 2.28 bits per heavy atom. The van der Waals surface area contributed by atoms with Crippen molar-refractivity contribution >= 4 is 5.71 Å². The average Bonchev–Trinajstić information content (AvgIpc) is 2.35. The average molecular weight is 252 g/mol. The fourth-order valence-corrected chi connectivity index (χ4v) is 1.41. The molecule has 1 atom stereocenters. The van der Waals surface area contributed by atoms with Crippen LogP contribution in [0.5, 0.6) is 0 Å². The van der Waals surface area contributed by atoms with Crippen molar-refractivity contribution < 1.29 is 4.39 Å². The third-order valence-corrected chi connectivity index (χ3v) is 3.09. The van der Waals surface area contributed by atoms with Crippen molar-refractivity contribution in [1.29, 1.82) is 0 Å². The van der Waals surface area contributed by atoms with E-state index in [0.717, 1.165) is 17.7 Å². The molecule has 0 bridgehead atoms. The molecule has 0 heterocycles. The molecular weight excluding hydrogens is 227 g/mol. The molecule has 0 rings (SSSR count). The van der Waals surface area contributed by atoms with Crippen LogP contribution in [0.1, 0.15) is 48.0 Å². The fraction of sp³-hybridized carbons (Fsp3) is 0.533. The smallest absolute Gasteiger partial charge is 0.188 e. The van der Waals surface area contributed by atoms with E-state index in [2.05, 4.69) is 11.9 Å². The highest BCUT2D eigenvalue weighted by molar-refractivity contribution is 6.04. The molecule has 3 heteroatoms. The van der Waals surface area contributed by atoms with E-state index in [4.69, 9.17) is 5.73 Å². The maximum Gasteiger partial charge on any atom is 0.188 e. The number of halogens is 1. The molecule has 0 spiro atoms. The maximum absolute atomic E-state index is 14.7. The second-order valence-corrected chi connectivity index (χ2v) is 4.46. The van der Waals surface area contributed by atoms with Crippen LogP contribution in [0.2, 0.25) is 0 Å². The monoisotopic (exact) mass is 252 g/mol. The molecule has 0 aliphatic heterocycles. The first kappa shape index (κ1) is 16.6. The molecule has 0 amide bonds. The summed E-state index contributed by atoms with van der Waals surface area (Å²) in [6.07, 6.45) is 5.92. The normalized spacial score (nSPS) is 18.8. The van der Waals surface area contributed by atoms with Crippen LogP contribution in [0, 0.1) is 0 Å². The van der Waals surface area contributed by atoms with Crippen LogP contribution in [-0.4, -0.2) is 11.4 Å². The van der Waals surface area contributed by atoms with E-state index >= 15 is 0 Å². The number of rotatable bonds is 5. The summed E-state index contributed by atoms with van der Waals surface area (Å²) < 4.78 is 14.7. The molecule has 1 unspecified atom stereocenters. The Morgan fingerprint density at radius 1 is 1.33 bits per heavy atom. The molecule has 0 aromatic heterocycles. The lowest BCUT2D eigenvalue weighted by molar-refractivity contribution is 0.333. The van der Waals surface area contributed by atoms with Crippen LogP contribution in [0.4, 0.5) is 4.39 Å². The third-order valence-electron chi connectivity index (χ3n) is 3.09. The first-order valence-electron chi connectivity index (χ1n) is 6.30. The van der Waals surface area contributed by atoms with Gasteiger partial charge in [-0.3, -0.25) is 4.99 Å². The van der Waals surface area contributed by atoms with Crippen molar-refractivity contribution in [1.82, 2.24) is 0 Å². The van der Waals surface area contributed by atoms with Gasteiger partial charge in [-0.2, -0.15) is 0 Å². The van der Waals surface area contributed by atoms with Gasteiger partial charge in [0, 0.05) is 11.4 Å². The Labute approximate surface area is 110 Å². The summed E-state index contributed by atoms with van der Waals surface area (Å²) in [4.78, 5) is 4.39. The Balaban J connectivity index is 5.68. The molecule has 0 saturated heterocycles. The molecular formula is C15H25FN2. The zero-order valence-corrected chi connectivity index (χ0v) is 12.3. The summed E-state index contributed by atoms with van der Waals surface area (Å²) in [5.41, 5.74) is 6.49. The highest BCUT2D eigenvalue weighted by Crippen LogP contribution is 2.23. The Morgan fingerprint density at radius 2 is 1.89 bits per heavy atom. The Bertz CT molecular complexity index is 399. The van der Waals surface area contributed by atoms with Crippen LogP contribution in [0.3, 0.4) is 0 Å². The van der Waals surface area contributed by atoms with E-state index in [9.17, 15) is 4.39 Å². The molecule has 2 N–H and O–H groups in total. The van der Waals surface area contributed by atoms with Crippen molar-refractivity contribution in [2.45, 2.75) is 53.6 Å². The molecule has 0 saturated carbocycles. The van der Waals surface area contributed by atoms with E-state index < -0.39 is 5.67 Å². The summed E-state index contributed by atoms with van der Waals surface area (Å²) in [5, 5.41) is 0. The van der Waals surface area contributed by atoms with E-state index in [0.29, 0.717) is 5.71 Å². The van der Waals surface area contributed by atoms with E-state index in [1.807, 2.05) is 20.8 Å². The van der Waals surface area contributed by atoms with Crippen LogP contribution < -0.4 is 5.73 Å². The van der Waals surface area contributed by atoms with Gasteiger partial charge in [-0.25, -0.2) is 4.39 Å². The van der Waals surface area contributed by atoms with Crippen LogP contribution >= 0.6 is 0 Å². The van der Waals surface area contributed by atoms with Gasteiger partial charge in [0.05, 0.1) is 5.71 Å². The van der Waals surface area contributed by atoms with Crippen molar-refractivity contribution in [3.63, 3.8) is 0 Å². The highest BCUT2D eigenvalue weighted by atomic mass is 19.1. The Kier molecular flexibility index (Phi) is 6.60. The number of alkyl halides is 1. The van der Waals surface area contributed by atoms with Gasteiger partial charge in [0.25, 0.3) is 0 Å². The second-order valence-electron chi connectivity index (χ2n) is 4.46. The second kappa shape index (κ2) is 7.14. The fourth-order valence-electron chi connectivity index (χ4n) is 1.41. The number of allylic oxidation sites excluding steroid dienone is 6. The molecule has 0 fully saturated rings. The lowest BCUT2D eigenvalue weighted by Crippen LogP contribution is -2.35. The maximum atomic E-state index is 14.7. The first-order chi connectivity index (χ1) is 8.31. The minimum absolute atomic E-state index is 0.182. The molecule has 0 aromatic carbocycles. The van der Waals surface area contributed by atoms with Gasteiger partial charge >= 0.3 is 0 Å². The van der Waals surface area contributed by atoms with Crippen LogP contribution in [-0.2, 0) is 0 Å². The molecule has 0 radical (unpaired) electrons. The van der Waals surface area contributed by atoms with E-state index in [1.54, 1.807) is 25.2 Å². The molecule has 0 aliphatic carbocycles. The van der Waals surface area contributed by atoms with Gasteiger partial charge < -0.3 is 5.73 Å². The van der Waals surface area contributed by atoms with Crippen molar-refractivity contribution in [2.24, 2.45) is 10.7 Å². The van der Waals surface area contributed by atoms with Gasteiger partial charge in [-0.1, -0.05) is 24.6 Å². The standard InChI is InChI=1S/C15H25FN2/c1-7-10-14(15(6,16)13(17)9-3)18-12(5)11(4)8-2/h7,9-10H,8,17H2,1-6H3/b10-7-,12-11+,13-9-,18-14-. The van der Waals surface area contributed by atoms with Gasteiger partial charge in [-0.05, 0) is 47.1 Å². The summed E-state index contributed by atoms with van der Waals surface area (Å²) >= 11 is 0. The van der Waals surface area contributed by atoms with Gasteiger partial charge in [0.2, 0.25) is 0 Å². The predicted octanol–water partition coefficient (Wildman–Crippen LogP) is 4.30. The predicted molar refractivity (Wildman–Crippen MR) is 78.4 cm³/mol. The number of nitrogens with two attached hydrogens (primary N) is 1. The van der Waals surface area contributed by atoms with Crippen LogP contribution in [0.25, 0.3) is 0 Å². The van der Waals surface area contributed by atoms with E-state index in [1.165, 1.54) is 6.92 Å². The lowest BCUT2D eigenvalue weighted by Gasteiger charge is -2.21. The SMILES string of the molecule is C\C=C/C(=N/C(C)=C(\C)CC)C(C)(F)/C(N)=C/C. The number of aliphatic imine (C=N–C) groups is 1. The first-order valence-corrected chi connectivity index (χ1v) is 6.30. The molecule has 0 aliphatic rings. The topological polar surface area (TPSA) is 38.4 Å². The van der Waals surface area contributed by atoms with Gasteiger partial charge in [-0.15, -0.1) is 0 Å². The number of hydrogen-bond donors (Lipinski definition) is 1. The quantitative estimate of drug-likeness (QED) is 0.728. The van der Waals surface area contributed by atoms with Crippen molar-refractivity contribution in [3.8, 4) is 0 Å². The van der Waals surface area contributed by atoms with E-state index in [-0.39, 0.29) is 5.70 Å². The van der Waals surface area contributed by atoms with Crippen molar-refractivity contribution in [3.05, 3.63) is 35.2 Å². The van der Waals surface area contributed by atoms with Gasteiger partial charge in [0.15, 0.2) is 5.67 Å². The minimum atomic E-state index is -1.74. The minimum Gasteiger partial charge on any atom is -0.399 e.